The molecule has 0 aromatic carbocycles. The number of carbonyl (C=O) groups is 1. The van der Waals surface area contributed by atoms with E-state index in [1.807, 2.05) is 17.0 Å². The highest BCUT2D eigenvalue weighted by molar-refractivity contribution is 5.93. The number of pyridine rings is 2. The van der Waals surface area contributed by atoms with Gasteiger partial charge in [-0.25, -0.2) is 4.98 Å². The largest absolute Gasteiger partial charge is 0.485 e. The third-order valence-corrected chi connectivity index (χ3v) is 5.85. The Morgan fingerprint density at radius 3 is 2.58 bits per heavy atom. The molecule has 36 heavy (non-hydrogen) atoms. The van der Waals surface area contributed by atoms with E-state index in [1.165, 1.54) is 6.07 Å². The second kappa shape index (κ2) is 9.76. The number of amides is 1. The molecule has 1 aliphatic heterocycles. The Balaban J connectivity index is 1.21. The molecule has 1 fully saturated rings. The maximum atomic E-state index is 13.2. The van der Waals surface area contributed by atoms with Gasteiger partial charge in [-0.3, -0.25) is 9.78 Å². The lowest BCUT2D eigenvalue weighted by Gasteiger charge is -2.32. The number of anilines is 2. The van der Waals surface area contributed by atoms with Crippen LogP contribution in [-0.2, 0) is 17.6 Å². The highest BCUT2D eigenvalue weighted by atomic mass is 19.4. The van der Waals surface area contributed by atoms with Crippen molar-refractivity contribution in [3.05, 3.63) is 66.4 Å². The van der Waals surface area contributed by atoms with Crippen LogP contribution in [0.1, 0.15) is 24.2 Å². The predicted molar refractivity (Wildman–Crippen MR) is 122 cm³/mol. The Hall–Kier alpha value is -4.29. The topological polar surface area (TPSA) is 110 Å². The van der Waals surface area contributed by atoms with Crippen LogP contribution in [-0.4, -0.2) is 48.8 Å². The number of nitrogens with zero attached hydrogens (tertiary/aromatic N) is 7. The molecule has 1 aliphatic rings. The fraction of sp³-hybridized carbons (Fsp3) is 0.304. The molecule has 0 radical (unpaired) electrons. The van der Waals surface area contributed by atoms with E-state index in [4.69, 9.17) is 4.74 Å². The van der Waals surface area contributed by atoms with E-state index in [9.17, 15) is 18.0 Å². The average Bonchev–Trinajstić information content (AvgIpc) is 3.33. The number of alkyl halides is 3. The number of hydrogen-bond acceptors (Lipinski definition) is 8. The Morgan fingerprint density at radius 1 is 1.06 bits per heavy atom. The summed E-state index contributed by atoms with van der Waals surface area (Å²) in [6, 6.07) is 10.2. The van der Waals surface area contributed by atoms with Gasteiger partial charge >= 0.3 is 6.18 Å². The standard InChI is InChI=1S/C23H21F3N8O2/c24-23(25,26)22-31-30-18-3-4-19(32-34(18)22)33-12-7-16(8-13-33)21(35)29-20-17(2-1-9-28-20)36-14-15-5-10-27-11-6-15/h1-6,9-11,16H,7-8,12-14H2,(H,28,29,35). The highest BCUT2D eigenvalue weighted by Gasteiger charge is 2.38. The Kier molecular flexibility index (Phi) is 6.36. The number of ether oxygens (including phenoxy) is 1. The Morgan fingerprint density at radius 2 is 1.83 bits per heavy atom. The average molecular weight is 498 g/mol. The van der Waals surface area contributed by atoms with E-state index in [2.05, 4.69) is 30.6 Å². The smallest absolute Gasteiger partial charge is 0.453 e. The molecule has 13 heteroatoms. The number of hydrogen-bond donors (Lipinski definition) is 1. The van der Waals surface area contributed by atoms with Crippen LogP contribution in [0.25, 0.3) is 5.65 Å². The first-order valence-electron chi connectivity index (χ1n) is 11.2. The Labute approximate surface area is 203 Å². The summed E-state index contributed by atoms with van der Waals surface area (Å²) in [4.78, 5) is 23.0. The summed E-state index contributed by atoms with van der Waals surface area (Å²) < 4.78 is 46.0. The summed E-state index contributed by atoms with van der Waals surface area (Å²) in [6.45, 7) is 1.21. The fourth-order valence-electron chi connectivity index (χ4n) is 3.96. The third kappa shape index (κ3) is 5.04. The molecule has 10 nitrogen and oxygen atoms in total. The molecular weight excluding hydrogens is 477 g/mol. The normalized spacial score (nSPS) is 14.7. The molecule has 186 valence electrons. The van der Waals surface area contributed by atoms with E-state index in [1.54, 1.807) is 36.8 Å². The quantitative estimate of drug-likeness (QED) is 0.431. The number of nitrogens with one attached hydrogen (secondary N) is 1. The molecular formula is C23H21F3N8O2. The summed E-state index contributed by atoms with van der Waals surface area (Å²) in [7, 11) is 0. The number of halogens is 3. The van der Waals surface area contributed by atoms with Crippen LogP contribution in [0, 0.1) is 5.92 Å². The van der Waals surface area contributed by atoms with E-state index >= 15 is 0 Å². The molecule has 0 unspecified atom stereocenters. The van der Waals surface area contributed by atoms with Gasteiger partial charge in [0.15, 0.2) is 17.2 Å². The van der Waals surface area contributed by atoms with Crippen LogP contribution in [0.4, 0.5) is 24.8 Å². The van der Waals surface area contributed by atoms with E-state index < -0.39 is 12.0 Å². The molecule has 1 N–H and O–H groups in total. The number of carbonyl (C=O) groups excluding carboxylic acids is 1. The lowest BCUT2D eigenvalue weighted by atomic mass is 9.96. The Bertz CT molecular complexity index is 1350. The number of fused-ring (bicyclic) bond motifs is 1. The van der Waals surface area contributed by atoms with Gasteiger partial charge in [-0.1, -0.05) is 0 Å². The fourth-order valence-corrected chi connectivity index (χ4v) is 3.96. The van der Waals surface area contributed by atoms with Crippen molar-refractivity contribution < 1.29 is 22.7 Å². The predicted octanol–water partition coefficient (Wildman–Crippen LogP) is 3.37. The van der Waals surface area contributed by atoms with E-state index in [0.717, 1.165) is 5.56 Å². The van der Waals surface area contributed by atoms with Gasteiger partial charge in [-0.05, 0) is 54.8 Å². The number of rotatable bonds is 6. The zero-order valence-corrected chi connectivity index (χ0v) is 18.9. The molecule has 0 atom stereocenters. The first-order chi connectivity index (χ1) is 17.4. The van der Waals surface area contributed by atoms with Crippen LogP contribution in [0.15, 0.2) is 55.0 Å². The second-order valence-corrected chi connectivity index (χ2v) is 8.23. The van der Waals surface area contributed by atoms with Crippen LogP contribution in [0.5, 0.6) is 5.75 Å². The van der Waals surface area contributed by atoms with Gasteiger partial charge in [-0.2, -0.15) is 17.7 Å². The van der Waals surface area contributed by atoms with Crippen LogP contribution in [0.2, 0.25) is 0 Å². The number of piperidine rings is 1. The van der Waals surface area contributed by atoms with Crippen LogP contribution >= 0.6 is 0 Å². The minimum atomic E-state index is -4.66. The zero-order valence-electron chi connectivity index (χ0n) is 18.9. The zero-order chi connectivity index (χ0) is 25.1. The van der Waals surface area contributed by atoms with Gasteiger partial charge < -0.3 is 15.0 Å². The van der Waals surface area contributed by atoms with Gasteiger partial charge in [-0.15, -0.1) is 15.3 Å². The van der Waals surface area contributed by atoms with Crippen molar-refractivity contribution in [1.29, 1.82) is 0 Å². The molecule has 5 heterocycles. The summed E-state index contributed by atoms with van der Waals surface area (Å²) in [5.74, 6) is -0.510. The SMILES string of the molecule is O=C(Nc1ncccc1OCc1ccncc1)C1CCN(c2ccc3nnc(C(F)(F)F)n3n2)CC1. The van der Waals surface area contributed by atoms with Crippen LogP contribution in [0.3, 0.4) is 0 Å². The maximum absolute atomic E-state index is 13.2. The minimum absolute atomic E-state index is 0.0117. The van der Waals surface area contributed by atoms with E-state index in [0.29, 0.717) is 54.4 Å². The van der Waals surface area contributed by atoms with Crippen molar-refractivity contribution in [3.63, 3.8) is 0 Å². The second-order valence-electron chi connectivity index (χ2n) is 8.23. The summed E-state index contributed by atoms with van der Waals surface area (Å²) in [5, 5.41) is 13.7. The van der Waals surface area contributed by atoms with Crippen LogP contribution < -0.4 is 15.0 Å². The van der Waals surface area contributed by atoms with Gasteiger partial charge in [0.2, 0.25) is 5.91 Å². The minimum Gasteiger partial charge on any atom is -0.485 e. The third-order valence-electron chi connectivity index (χ3n) is 5.85. The van der Waals surface area contributed by atoms with Gasteiger partial charge in [0, 0.05) is 37.6 Å². The highest BCUT2D eigenvalue weighted by Crippen LogP contribution is 2.29. The molecule has 1 saturated heterocycles. The maximum Gasteiger partial charge on any atom is 0.453 e. The summed E-state index contributed by atoms with van der Waals surface area (Å²) in [5.41, 5.74) is 0.941. The molecule has 4 aromatic rings. The molecule has 0 spiro atoms. The molecule has 1 amide bonds. The van der Waals surface area contributed by atoms with Crippen molar-refractivity contribution >= 4 is 23.2 Å². The van der Waals surface area contributed by atoms with E-state index in [-0.39, 0.29) is 17.5 Å². The van der Waals surface area contributed by atoms with Gasteiger partial charge in [0.25, 0.3) is 5.82 Å². The summed E-state index contributed by atoms with van der Waals surface area (Å²) >= 11 is 0. The van der Waals surface area contributed by atoms with Gasteiger partial charge in [0.1, 0.15) is 12.4 Å². The summed E-state index contributed by atoms with van der Waals surface area (Å²) in [6.07, 6.45) is 1.25. The van der Waals surface area contributed by atoms with Crippen molar-refractivity contribution in [3.8, 4) is 5.75 Å². The monoisotopic (exact) mass is 498 g/mol. The first-order valence-corrected chi connectivity index (χ1v) is 11.2. The molecule has 0 aliphatic carbocycles. The lowest BCUT2D eigenvalue weighted by molar-refractivity contribution is -0.146. The van der Waals surface area contributed by atoms with Crippen molar-refractivity contribution in [2.45, 2.75) is 25.6 Å². The van der Waals surface area contributed by atoms with Crippen molar-refractivity contribution in [2.75, 3.05) is 23.3 Å². The molecule has 0 saturated carbocycles. The molecule has 5 rings (SSSR count). The van der Waals surface area contributed by atoms with Crippen molar-refractivity contribution in [1.82, 2.24) is 29.8 Å². The van der Waals surface area contributed by atoms with Gasteiger partial charge in [0.05, 0.1) is 0 Å². The lowest BCUT2D eigenvalue weighted by Crippen LogP contribution is -2.39. The van der Waals surface area contributed by atoms with Crippen molar-refractivity contribution in [2.24, 2.45) is 5.92 Å². The number of aromatic nitrogens is 6. The molecule has 4 aromatic heterocycles. The first kappa shape index (κ1) is 23.5. The molecule has 0 bridgehead atoms.